The molecular formula is C27H42NO2+. The van der Waals surface area contributed by atoms with Crippen LogP contribution in [0.25, 0.3) is 0 Å². The summed E-state index contributed by atoms with van der Waals surface area (Å²) in [5.41, 5.74) is 4.28. The summed E-state index contributed by atoms with van der Waals surface area (Å²) >= 11 is 0. The molecular weight excluding hydrogens is 370 g/mol. The van der Waals surface area contributed by atoms with Gasteiger partial charge in [-0.2, -0.15) is 0 Å². The highest BCUT2D eigenvalue weighted by molar-refractivity contribution is 5.31. The number of aliphatic hydroxyl groups excluding tert-OH is 1. The summed E-state index contributed by atoms with van der Waals surface area (Å²) in [5, 5.41) is 10.5. The second-order valence-corrected chi connectivity index (χ2v) is 11.4. The molecule has 2 rings (SSSR count). The number of nitrogens with zero attached hydrogens (tertiary/aromatic N) is 1. The van der Waals surface area contributed by atoms with E-state index in [2.05, 4.69) is 92.0 Å². The minimum absolute atomic E-state index is 0.119. The van der Waals surface area contributed by atoms with Crippen LogP contribution < -0.4 is 4.74 Å². The van der Waals surface area contributed by atoms with E-state index < -0.39 is 6.10 Å². The van der Waals surface area contributed by atoms with Gasteiger partial charge in [-0.3, -0.25) is 0 Å². The summed E-state index contributed by atoms with van der Waals surface area (Å²) in [7, 11) is 4.30. The first-order chi connectivity index (χ1) is 13.8. The lowest BCUT2D eigenvalue weighted by atomic mass is 9.72. The van der Waals surface area contributed by atoms with Gasteiger partial charge >= 0.3 is 0 Å². The smallest absolute Gasteiger partial charge is 0.137 e. The Morgan fingerprint density at radius 2 is 1.47 bits per heavy atom. The van der Waals surface area contributed by atoms with Crippen molar-refractivity contribution >= 4 is 0 Å². The highest BCUT2D eigenvalue weighted by atomic mass is 16.5. The fourth-order valence-electron chi connectivity index (χ4n) is 4.50. The normalized spacial score (nSPS) is 13.9. The van der Waals surface area contributed by atoms with Crippen LogP contribution in [0.4, 0.5) is 0 Å². The molecule has 3 nitrogen and oxygen atoms in total. The van der Waals surface area contributed by atoms with Crippen molar-refractivity contribution in [2.75, 3.05) is 27.2 Å². The third kappa shape index (κ3) is 8.12. The quantitative estimate of drug-likeness (QED) is 0.533. The van der Waals surface area contributed by atoms with Gasteiger partial charge in [0, 0.05) is 5.56 Å². The van der Waals surface area contributed by atoms with Crippen molar-refractivity contribution in [1.82, 2.24) is 0 Å². The second-order valence-electron chi connectivity index (χ2n) is 11.4. The van der Waals surface area contributed by atoms with Gasteiger partial charge in [0.1, 0.15) is 31.5 Å². The molecule has 0 aliphatic carbocycles. The molecule has 3 heteroatoms. The van der Waals surface area contributed by atoms with Crippen molar-refractivity contribution in [3.05, 3.63) is 65.2 Å². The van der Waals surface area contributed by atoms with Crippen LogP contribution in [0.15, 0.2) is 48.5 Å². The molecule has 0 saturated heterocycles. The van der Waals surface area contributed by atoms with Crippen LogP contribution in [0.1, 0.15) is 57.7 Å². The van der Waals surface area contributed by atoms with E-state index in [-0.39, 0.29) is 10.8 Å². The van der Waals surface area contributed by atoms with Crippen molar-refractivity contribution in [1.29, 1.82) is 0 Å². The molecule has 0 aromatic heterocycles. The topological polar surface area (TPSA) is 29.5 Å². The van der Waals surface area contributed by atoms with Gasteiger partial charge in [0.05, 0.1) is 14.1 Å². The van der Waals surface area contributed by atoms with Crippen LogP contribution in [0, 0.1) is 12.3 Å². The van der Waals surface area contributed by atoms with Crippen LogP contribution in [-0.4, -0.2) is 42.9 Å². The van der Waals surface area contributed by atoms with E-state index >= 15 is 0 Å². The van der Waals surface area contributed by atoms with Gasteiger partial charge in [-0.25, -0.2) is 0 Å². The Balaban J connectivity index is 1.88. The lowest BCUT2D eigenvalue weighted by Gasteiger charge is -2.33. The monoisotopic (exact) mass is 412 g/mol. The fraction of sp³-hybridized carbons (Fsp3) is 0.556. The lowest BCUT2D eigenvalue weighted by Crippen LogP contribution is -2.46. The fourth-order valence-corrected chi connectivity index (χ4v) is 4.50. The standard InChI is InChI=1S/C27H42NO2/c1-21-9-11-22(12-10-21)17-28(7,8)18-24(29)19-30-25-15-13-23(14-16-25)27(5,6)20-26(2,3)4/h9-16,24,29H,17-20H2,1-8H3/q+1/t24-/m1/s1. The van der Waals surface area contributed by atoms with Gasteiger partial charge in [-0.15, -0.1) is 0 Å². The molecule has 2 aromatic carbocycles. The van der Waals surface area contributed by atoms with E-state index in [9.17, 15) is 5.11 Å². The zero-order valence-electron chi connectivity index (χ0n) is 20.3. The molecule has 0 unspecified atom stereocenters. The first-order valence-corrected chi connectivity index (χ1v) is 11.0. The molecule has 0 amide bonds. The predicted molar refractivity (Wildman–Crippen MR) is 127 cm³/mol. The van der Waals surface area contributed by atoms with E-state index in [4.69, 9.17) is 4.74 Å². The molecule has 0 radical (unpaired) electrons. The van der Waals surface area contributed by atoms with Gasteiger partial charge in [0.2, 0.25) is 0 Å². The number of quaternary nitrogens is 1. The van der Waals surface area contributed by atoms with Gasteiger partial charge in [-0.05, 0) is 41.9 Å². The average Bonchev–Trinajstić information content (AvgIpc) is 2.60. The maximum Gasteiger partial charge on any atom is 0.137 e. The Kier molecular flexibility index (Phi) is 7.76. The van der Waals surface area contributed by atoms with E-state index in [0.29, 0.717) is 17.6 Å². The maximum atomic E-state index is 10.5. The van der Waals surface area contributed by atoms with Crippen molar-refractivity contribution in [2.24, 2.45) is 5.41 Å². The first kappa shape index (κ1) is 24.4. The van der Waals surface area contributed by atoms with Crippen molar-refractivity contribution in [3.63, 3.8) is 0 Å². The average molecular weight is 413 g/mol. The molecule has 1 atom stereocenters. The summed E-state index contributed by atoms with van der Waals surface area (Å²) in [6, 6.07) is 17.0. The second kappa shape index (κ2) is 9.53. The van der Waals surface area contributed by atoms with Crippen molar-refractivity contribution in [2.45, 2.75) is 66.0 Å². The maximum absolute atomic E-state index is 10.5. The predicted octanol–water partition coefficient (Wildman–Crippen LogP) is 5.73. The largest absolute Gasteiger partial charge is 0.491 e. The lowest BCUT2D eigenvalue weighted by molar-refractivity contribution is -0.906. The Bertz CT molecular complexity index is 783. The third-order valence-electron chi connectivity index (χ3n) is 5.49. The summed E-state index contributed by atoms with van der Waals surface area (Å²) in [6.07, 6.45) is 0.606. The van der Waals surface area contributed by atoms with Gasteiger partial charge in [0.15, 0.2) is 0 Å². The highest BCUT2D eigenvalue weighted by Gasteiger charge is 2.27. The molecule has 0 bridgehead atoms. The molecule has 0 fully saturated rings. The number of rotatable bonds is 9. The van der Waals surface area contributed by atoms with Gasteiger partial charge in [0.25, 0.3) is 0 Å². The highest BCUT2D eigenvalue weighted by Crippen LogP contribution is 2.36. The number of hydrogen-bond acceptors (Lipinski definition) is 2. The van der Waals surface area contributed by atoms with E-state index in [1.54, 1.807) is 0 Å². The third-order valence-corrected chi connectivity index (χ3v) is 5.49. The van der Waals surface area contributed by atoms with Crippen molar-refractivity contribution in [3.8, 4) is 5.75 Å². The molecule has 30 heavy (non-hydrogen) atoms. The minimum atomic E-state index is -0.512. The summed E-state index contributed by atoms with van der Waals surface area (Å²) in [5.74, 6) is 0.813. The SMILES string of the molecule is Cc1ccc(C[N+](C)(C)C[C@@H](O)COc2ccc(C(C)(C)CC(C)(C)C)cc2)cc1. The van der Waals surface area contributed by atoms with Crippen LogP contribution in [-0.2, 0) is 12.0 Å². The molecule has 0 aliphatic rings. The Hall–Kier alpha value is -1.84. The molecule has 0 heterocycles. The molecule has 0 spiro atoms. The Morgan fingerprint density at radius 1 is 0.900 bits per heavy atom. The Morgan fingerprint density at radius 3 is 2.00 bits per heavy atom. The van der Waals surface area contributed by atoms with Crippen molar-refractivity contribution < 1.29 is 14.3 Å². The van der Waals surface area contributed by atoms with Crippen LogP contribution in [0.5, 0.6) is 5.75 Å². The number of aliphatic hydroxyl groups is 1. The zero-order valence-corrected chi connectivity index (χ0v) is 20.3. The molecule has 1 N–H and O–H groups in total. The van der Waals surface area contributed by atoms with Crippen LogP contribution >= 0.6 is 0 Å². The number of likely N-dealkylation sites (N-methyl/N-ethyl adjacent to an activating group) is 1. The molecule has 166 valence electrons. The van der Waals surface area contributed by atoms with Gasteiger partial charge < -0.3 is 14.3 Å². The van der Waals surface area contributed by atoms with E-state index in [1.807, 2.05) is 12.1 Å². The molecule has 2 aromatic rings. The van der Waals surface area contributed by atoms with Crippen LogP contribution in [0.3, 0.4) is 0 Å². The number of hydrogen-bond donors (Lipinski definition) is 1. The number of ether oxygens (including phenoxy) is 1. The summed E-state index contributed by atoms with van der Waals surface area (Å²) in [6.45, 7) is 15.4. The van der Waals surface area contributed by atoms with E-state index in [0.717, 1.165) is 18.7 Å². The number of aryl methyl sites for hydroxylation is 1. The summed E-state index contributed by atoms with van der Waals surface area (Å²) < 4.78 is 6.60. The number of benzene rings is 2. The summed E-state index contributed by atoms with van der Waals surface area (Å²) in [4.78, 5) is 0. The Labute approximate surface area is 184 Å². The molecule has 0 saturated carbocycles. The van der Waals surface area contributed by atoms with E-state index in [1.165, 1.54) is 16.7 Å². The first-order valence-electron chi connectivity index (χ1n) is 11.0. The van der Waals surface area contributed by atoms with Crippen LogP contribution in [0.2, 0.25) is 0 Å². The van der Waals surface area contributed by atoms with Gasteiger partial charge in [-0.1, -0.05) is 76.6 Å². The molecule has 0 aliphatic heterocycles. The zero-order chi connectivity index (χ0) is 22.6. The minimum Gasteiger partial charge on any atom is -0.491 e.